The van der Waals surface area contributed by atoms with Crippen LogP contribution in [-0.4, -0.2) is 35.8 Å². The maximum absolute atomic E-state index is 12.4. The van der Waals surface area contributed by atoms with Gasteiger partial charge in [0.1, 0.15) is 0 Å². The molecule has 0 radical (unpaired) electrons. The van der Waals surface area contributed by atoms with Crippen LogP contribution in [0.1, 0.15) is 17.5 Å². The molecular formula is C20H22N2O2. The molecule has 24 heavy (non-hydrogen) atoms. The highest BCUT2D eigenvalue weighted by molar-refractivity contribution is 6.05. The van der Waals surface area contributed by atoms with Crippen molar-refractivity contribution in [2.75, 3.05) is 13.1 Å². The molecule has 4 nitrogen and oxygen atoms in total. The van der Waals surface area contributed by atoms with Gasteiger partial charge in [0.2, 0.25) is 11.8 Å². The van der Waals surface area contributed by atoms with Crippen LogP contribution in [0.25, 0.3) is 0 Å². The Hall–Kier alpha value is -2.46. The van der Waals surface area contributed by atoms with E-state index in [1.807, 2.05) is 48.5 Å². The fraction of sp³-hybridized carbons (Fsp3) is 0.300. The summed E-state index contributed by atoms with van der Waals surface area (Å²) in [5.41, 5.74) is 2.36. The number of hydrogen-bond donors (Lipinski definition) is 1. The summed E-state index contributed by atoms with van der Waals surface area (Å²) in [4.78, 5) is 25.9. The van der Waals surface area contributed by atoms with Crippen molar-refractivity contribution in [1.29, 1.82) is 0 Å². The minimum absolute atomic E-state index is 0.0758. The van der Waals surface area contributed by atoms with E-state index in [1.54, 1.807) is 0 Å². The van der Waals surface area contributed by atoms with Crippen LogP contribution in [0.5, 0.6) is 0 Å². The average Bonchev–Trinajstić information content (AvgIpc) is 2.89. The Labute approximate surface area is 142 Å². The Balaban J connectivity index is 1.48. The minimum atomic E-state index is -0.378. The van der Waals surface area contributed by atoms with E-state index in [9.17, 15) is 9.59 Å². The first kappa shape index (κ1) is 16.4. The molecule has 1 saturated heterocycles. The van der Waals surface area contributed by atoms with Gasteiger partial charge in [-0.2, -0.15) is 0 Å². The number of carbonyl (C=O) groups excluding carboxylic acids is 2. The van der Waals surface area contributed by atoms with E-state index in [0.29, 0.717) is 19.5 Å². The topological polar surface area (TPSA) is 49.4 Å². The number of benzene rings is 2. The van der Waals surface area contributed by atoms with Crippen LogP contribution < -0.4 is 5.32 Å². The highest BCUT2D eigenvalue weighted by Crippen LogP contribution is 2.14. The maximum Gasteiger partial charge on any atom is 0.246 e. The third-order valence-electron chi connectivity index (χ3n) is 4.36. The first-order valence-electron chi connectivity index (χ1n) is 8.39. The first-order valence-corrected chi connectivity index (χ1v) is 8.39. The third-order valence-corrected chi connectivity index (χ3v) is 4.36. The van der Waals surface area contributed by atoms with Gasteiger partial charge in [-0.25, -0.2) is 0 Å². The summed E-state index contributed by atoms with van der Waals surface area (Å²) in [7, 11) is 0. The summed E-state index contributed by atoms with van der Waals surface area (Å²) < 4.78 is 0. The lowest BCUT2D eigenvalue weighted by Crippen LogP contribution is -2.40. The first-order chi connectivity index (χ1) is 11.7. The Bertz CT molecular complexity index is 685. The molecule has 2 aromatic carbocycles. The van der Waals surface area contributed by atoms with Crippen molar-refractivity contribution >= 4 is 11.8 Å². The van der Waals surface area contributed by atoms with Gasteiger partial charge in [0.25, 0.3) is 0 Å². The summed E-state index contributed by atoms with van der Waals surface area (Å²) in [6, 6.07) is 19.7. The fourth-order valence-electron chi connectivity index (χ4n) is 3.00. The molecule has 1 atom stereocenters. The van der Waals surface area contributed by atoms with Crippen molar-refractivity contribution in [3.8, 4) is 0 Å². The van der Waals surface area contributed by atoms with Crippen LogP contribution >= 0.6 is 0 Å². The predicted octanol–water partition coefficient (Wildman–Crippen LogP) is 2.19. The molecule has 1 fully saturated rings. The molecule has 2 amide bonds. The largest absolute Gasteiger partial charge is 0.305 e. The highest BCUT2D eigenvalue weighted by Gasteiger charge is 2.37. The van der Waals surface area contributed by atoms with E-state index >= 15 is 0 Å². The van der Waals surface area contributed by atoms with Gasteiger partial charge in [0.15, 0.2) is 0 Å². The second-order valence-electron chi connectivity index (χ2n) is 6.07. The average molecular weight is 322 g/mol. The molecule has 3 rings (SSSR count). The van der Waals surface area contributed by atoms with E-state index in [2.05, 4.69) is 17.4 Å². The van der Waals surface area contributed by atoms with Gasteiger partial charge in [-0.05, 0) is 30.5 Å². The fourth-order valence-corrected chi connectivity index (χ4v) is 3.00. The summed E-state index contributed by atoms with van der Waals surface area (Å²) in [6.45, 7) is 1.15. The summed E-state index contributed by atoms with van der Waals surface area (Å²) in [6.07, 6.45) is 1.82. The van der Waals surface area contributed by atoms with Gasteiger partial charge in [-0.3, -0.25) is 14.5 Å². The van der Waals surface area contributed by atoms with E-state index < -0.39 is 0 Å². The van der Waals surface area contributed by atoms with Crippen molar-refractivity contribution in [2.24, 2.45) is 0 Å². The summed E-state index contributed by atoms with van der Waals surface area (Å²) in [5.74, 6) is -0.169. The molecule has 1 aliphatic rings. The van der Waals surface area contributed by atoms with Crippen LogP contribution in [0.2, 0.25) is 0 Å². The highest BCUT2D eigenvalue weighted by atomic mass is 16.2. The molecule has 0 bridgehead atoms. The summed E-state index contributed by atoms with van der Waals surface area (Å²) in [5, 5.41) is 3.23. The Morgan fingerprint density at radius 3 is 2.08 bits per heavy atom. The number of nitrogens with one attached hydrogen (secondary N) is 1. The van der Waals surface area contributed by atoms with Gasteiger partial charge < -0.3 is 5.32 Å². The predicted molar refractivity (Wildman–Crippen MR) is 93.4 cm³/mol. The third kappa shape index (κ3) is 4.09. The van der Waals surface area contributed by atoms with E-state index in [0.717, 1.165) is 12.0 Å². The number of hydrogen-bond acceptors (Lipinski definition) is 3. The smallest absolute Gasteiger partial charge is 0.246 e. The molecule has 1 aliphatic heterocycles. The second-order valence-corrected chi connectivity index (χ2v) is 6.07. The normalized spacial score (nSPS) is 17.5. The molecule has 124 valence electrons. The molecule has 0 aliphatic carbocycles. The summed E-state index contributed by atoms with van der Waals surface area (Å²) >= 11 is 0. The van der Waals surface area contributed by atoms with Gasteiger partial charge in [-0.1, -0.05) is 60.7 Å². The Morgan fingerprint density at radius 2 is 1.46 bits per heavy atom. The van der Waals surface area contributed by atoms with E-state index in [1.165, 1.54) is 10.5 Å². The van der Waals surface area contributed by atoms with Crippen molar-refractivity contribution in [3.63, 3.8) is 0 Å². The van der Waals surface area contributed by atoms with E-state index in [-0.39, 0.29) is 24.3 Å². The van der Waals surface area contributed by atoms with Crippen molar-refractivity contribution in [1.82, 2.24) is 10.2 Å². The van der Waals surface area contributed by atoms with Crippen LogP contribution in [-0.2, 0) is 22.4 Å². The van der Waals surface area contributed by atoms with Crippen LogP contribution in [0, 0.1) is 0 Å². The lowest BCUT2D eigenvalue weighted by Gasteiger charge is -2.15. The lowest BCUT2D eigenvalue weighted by molar-refractivity contribution is -0.138. The molecule has 0 aromatic heterocycles. The molecular weight excluding hydrogens is 300 g/mol. The van der Waals surface area contributed by atoms with Gasteiger partial charge >= 0.3 is 0 Å². The Morgan fingerprint density at radius 1 is 0.875 bits per heavy atom. The zero-order chi connectivity index (χ0) is 16.8. The van der Waals surface area contributed by atoms with Crippen molar-refractivity contribution in [3.05, 3.63) is 71.8 Å². The number of likely N-dealkylation sites (tertiary alicyclic amines) is 1. The molecule has 1 heterocycles. The molecule has 1 N–H and O–H groups in total. The Kier molecular flexibility index (Phi) is 5.39. The van der Waals surface area contributed by atoms with Crippen molar-refractivity contribution < 1.29 is 9.59 Å². The SMILES string of the molecule is O=C1C[C@@H](NCCc2ccccc2)C(=O)N1CCc1ccccc1. The van der Waals surface area contributed by atoms with Gasteiger partial charge in [-0.15, -0.1) is 0 Å². The van der Waals surface area contributed by atoms with Gasteiger partial charge in [0, 0.05) is 6.54 Å². The minimum Gasteiger partial charge on any atom is -0.305 e. The molecule has 0 spiro atoms. The molecule has 2 aromatic rings. The van der Waals surface area contributed by atoms with E-state index in [4.69, 9.17) is 0 Å². The zero-order valence-corrected chi connectivity index (χ0v) is 13.7. The lowest BCUT2D eigenvalue weighted by atomic mass is 10.1. The molecule has 0 unspecified atom stereocenters. The van der Waals surface area contributed by atoms with Crippen LogP contribution in [0.15, 0.2) is 60.7 Å². The number of carbonyl (C=O) groups is 2. The van der Waals surface area contributed by atoms with Crippen LogP contribution in [0.3, 0.4) is 0 Å². The standard InChI is InChI=1S/C20H22N2O2/c23-19-15-18(21-13-11-16-7-3-1-4-8-16)20(24)22(19)14-12-17-9-5-2-6-10-17/h1-10,18,21H,11-15H2/t18-/m1/s1. The number of amides is 2. The quantitative estimate of drug-likeness (QED) is 0.795. The van der Waals surface area contributed by atoms with Crippen LogP contribution in [0.4, 0.5) is 0 Å². The maximum atomic E-state index is 12.4. The molecule has 4 heteroatoms. The monoisotopic (exact) mass is 322 g/mol. The van der Waals surface area contributed by atoms with Crippen molar-refractivity contribution in [2.45, 2.75) is 25.3 Å². The number of rotatable bonds is 7. The second kappa shape index (κ2) is 7.88. The van der Waals surface area contributed by atoms with Gasteiger partial charge in [0.05, 0.1) is 12.5 Å². The molecule has 0 saturated carbocycles. The zero-order valence-electron chi connectivity index (χ0n) is 13.7. The number of imide groups is 1. The number of nitrogens with zero attached hydrogens (tertiary/aromatic N) is 1.